The van der Waals surface area contributed by atoms with E-state index in [1.54, 1.807) is 0 Å². The molecule has 0 unspecified atom stereocenters. The molecular weight excluding hydrogens is 170 g/mol. The Bertz CT molecular complexity index is 149. The maximum atomic E-state index is 2.59. The highest BCUT2D eigenvalue weighted by Crippen LogP contribution is 2.52. The zero-order valence-corrected chi connectivity index (χ0v) is 10.5. The molecule has 84 valence electrons. The summed E-state index contributed by atoms with van der Waals surface area (Å²) in [5, 5.41) is 0. The Morgan fingerprint density at radius 2 is 1.64 bits per heavy atom. The minimum Gasteiger partial charge on any atom is -0.304 e. The summed E-state index contributed by atoms with van der Waals surface area (Å²) in [6, 6.07) is 0. The van der Waals surface area contributed by atoms with Crippen LogP contribution < -0.4 is 0 Å². The van der Waals surface area contributed by atoms with E-state index >= 15 is 0 Å². The van der Waals surface area contributed by atoms with Crippen molar-refractivity contribution >= 4 is 0 Å². The van der Waals surface area contributed by atoms with Gasteiger partial charge in [0.2, 0.25) is 0 Å². The number of hydrogen-bond donors (Lipinski definition) is 0. The molecule has 0 N–H and O–H groups in total. The predicted molar refractivity (Wildman–Crippen MR) is 63.5 cm³/mol. The molecule has 0 radical (unpaired) electrons. The van der Waals surface area contributed by atoms with Gasteiger partial charge in [-0.05, 0) is 56.7 Å². The molecule has 0 aromatic heterocycles. The maximum Gasteiger partial charge on any atom is -0.00135 e. The van der Waals surface area contributed by atoms with Crippen LogP contribution in [0.3, 0.4) is 0 Å². The van der Waals surface area contributed by atoms with Crippen molar-refractivity contribution in [3.8, 4) is 0 Å². The van der Waals surface area contributed by atoms with Crippen molar-refractivity contribution < 1.29 is 0 Å². The van der Waals surface area contributed by atoms with Gasteiger partial charge in [0.05, 0.1) is 0 Å². The minimum absolute atomic E-state index is 0.811. The lowest BCUT2D eigenvalue weighted by Gasteiger charge is -2.51. The molecule has 1 heteroatoms. The molecule has 0 bridgehead atoms. The summed E-state index contributed by atoms with van der Waals surface area (Å²) in [5.74, 6) is 1.03. The predicted octanol–water partition coefficient (Wildman–Crippen LogP) is 3.54. The Kier molecular flexibility index (Phi) is 4.43. The van der Waals surface area contributed by atoms with Gasteiger partial charge in [-0.25, -0.2) is 0 Å². The monoisotopic (exact) mass is 197 g/mol. The van der Waals surface area contributed by atoms with Crippen molar-refractivity contribution in [1.82, 2.24) is 4.90 Å². The highest BCUT2D eigenvalue weighted by molar-refractivity contribution is 4.95. The lowest BCUT2D eigenvalue weighted by atomic mass is 9.58. The molecule has 1 aliphatic heterocycles. The van der Waals surface area contributed by atoms with Crippen LogP contribution in [0, 0.1) is 11.3 Å². The number of nitrogens with zero attached hydrogens (tertiary/aromatic N) is 1. The van der Waals surface area contributed by atoms with Gasteiger partial charge >= 0.3 is 0 Å². The van der Waals surface area contributed by atoms with Crippen LogP contribution in [0.4, 0.5) is 0 Å². The average Bonchev–Trinajstić information content (AvgIpc) is 2.20. The summed E-state index contributed by atoms with van der Waals surface area (Å²) in [6.07, 6.45) is 5.99. The highest BCUT2D eigenvalue weighted by atomic mass is 15.1. The number of likely N-dealkylation sites (tertiary alicyclic amines) is 1. The van der Waals surface area contributed by atoms with E-state index in [1.807, 2.05) is 13.8 Å². The Balaban J connectivity index is 0.000000461. The minimum atomic E-state index is 0.811. The van der Waals surface area contributed by atoms with Gasteiger partial charge in [-0.3, -0.25) is 0 Å². The van der Waals surface area contributed by atoms with Gasteiger partial charge in [0.1, 0.15) is 0 Å². The fourth-order valence-electron chi connectivity index (χ4n) is 3.17. The third kappa shape index (κ3) is 2.50. The molecule has 1 saturated heterocycles. The molecule has 2 fully saturated rings. The molecule has 0 aromatic rings. The van der Waals surface area contributed by atoms with E-state index in [4.69, 9.17) is 0 Å². The molecule has 1 spiro atoms. The Labute approximate surface area is 89.9 Å². The second-order valence-electron chi connectivity index (χ2n) is 4.95. The fourth-order valence-corrected chi connectivity index (χ4v) is 3.17. The molecule has 1 nitrogen and oxygen atoms in total. The van der Waals surface area contributed by atoms with Crippen LogP contribution in [-0.4, -0.2) is 24.5 Å². The van der Waals surface area contributed by atoms with Crippen LogP contribution in [0.15, 0.2) is 0 Å². The van der Waals surface area contributed by atoms with Gasteiger partial charge in [0.15, 0.2) is 0 Å². The summed E-state index contributed by atoms with van der Waals surface area (Å²) < 4.78 is 0. The van der Waals surface area contributed by atoms with Crippen molar-refractivity contribution in [2.75, 3.05) is 19.6 Å². The van der Waals surface area contributed by atoms with E-state index in [1.165, 1.54) is 45.3 Å². The zero-order chi connectivity index (χ0) is 10.6. The van der Waals surface area contributed by atoms with Gasteiger partial charge in [-0.2, -0.15) is 0 Å². The molecule has 2 aliphatic rings. The first kappa shape index (κ1) is 12.0. The standard InChI is InChI=1S/C11H21N.C2H6/c1-3-12-6-4-11(5-7-12)8-10(2)9-11;1-2/h10H,3-9H2,1-2H3;1-2H3. The average molecular weight is 197 g/mol. The lowest BCUT2D eigenvalue weighted by Crippen LogP contribution is -2.46. The van der Waals surface area contributed by atoms with Crippen molar-refractivity contribution in [2.45, 2.75) is 53.4 Å². The van der Waals surface area contributed by atoms with Crippen LogP contribution in [0.25, 0.3) is 0 Å². The summed E-state index contributed by atoms with van der Waals surface area (Å²) in [7, 11) is 0. The van der Waals surface area contributed by atoms with Gasteiger partial charge in [0.25, 0.3) is 0 Å². The summed E-state index contributed by atoms with van der Waals surface area (Å²) >= 11 is 0. The van der Waals surface area contributed by atoms with Crippen LogP contribution in [0.1, 0.15) is 53.4 Å². The normalized spacial score (nSPS) is 26.6. The smallest absolute Gasteiger partial charge is 0.00135 e. The summed E-state index contributed by atoms with van der Waals surface area (Å²) in [6.45, 7) is 12.7. The van der Waals surface area contributed by atoms with Gasteiger partial charge in [-0.15, -0.1) is 0 Å². The Morgan fingerprint density at radius 1 is 1.14 bits per heavy atom. The first-order valence-corrected chi connectivity index (χ1v) is 6.46. The second-order valence-corrected chi connectivity index (χ2v) is 4.95. The molecule has 0 amide bonds. The lowest BCUT2D eigenvalue weighted by molar-refractivity contribution is -0.00433. The van der Waals surface area contributed by atoms with Gasteiger partial charge in [0, 0.05) is 0 Å². The van der Waals surface area contributed by atoms with Crippen molar-refractivity contribution in [1.29, 1.82) is 0 Å². The molecule has 1 aliphatic carbocycles. The number of piperidine rings is 1. The zero-order valence-electron chi connectivity index (χ0n) is 10.5. The third-order valence-electron chi connectivity index (χ3n) is 3.93. The second kappa shape index (κ2) is 5.16. The van der Waals surface area contributed by atoms with Crippen molar-refractivity contribution in [2.24, 2.45) is 11.3 Å². The van der Waals surface area contributed by atoms with E-state index in [-0.39, 0.29) is 0 Å². The summed E-state index contributed by atoms with van der Waals surface area (Å²) in [5.41, 5.74) is 0.811. The molecule has 14 heavy (non-hydrogen) atoms. The molecule has 1 saturated carbocycles. The van der Waals surface area contributed by atoms with Crippen molar-refractivity contribution in [3.63, 3.8) is 0 Å². The maximum absolute atomic E-state index is 2.59. The van der Waals surface area contributed by atoms with Crippen molar-refractivity contribution in [3.05, 3.63) is 0 Å². The number of rotatable bonds is 1. The largest absolute Gasteiger partial charge is 0.304 e. The molecular formula is C13H27N. The summed E-state index contributed by atoms with van der Waals surface area (Å²) in [4.78, 5) is 2.59. The van der Waals surface area contributed by atoms with E-state index in [0.29, 0.717) is 0 Å². The van der Waals surface area contributed by atoms with E-state index in [9.17, 15) is 0 Å². The third-order valence-corrected chi connectivity index (χ3v) is 3.93. The van der Waals surface area contributed by atoms with E-state index < -0.39 is 0 Å². The van der Waals surface area contributed by atoms with Crippen LogP contribution in [-0.2, 0) is 0 Å². The fraction of sp³-hybridized carbons (Fsp3) is 1.00. The Morgan fingerprint density at radius 3 is 2.00 bits per heavy atom. The topological polar surface area (TPSA) is 3.24 Å². The van der Waals surface area contributed by atoms with Crippen LogP contribution >= 0.6 is 0 Å². The molecule has 0 aromatic carbocycles. The number of hydrogen-bond acceptors (Lipinski definition) is 1. The Hall–Kier alpha value is -0.0400. The van der Waals surface area contributed by atoms with Crippen LogP contribution in [0.2, 0.25) is 0 Å². The first-order valence-electron chi connectivity index (χ1n) is 6.46. The quantitative estimate of drug-likeness (QED) is 0.621. The molecule has 0 atom stereocenters. The van der Waals surface area contributed by atoms with Crippen LogP contribution in [0.5, 0.6) is 0 Å². The molecule has 2 rings (SSSR count). The van der Waals surface area contributed by atoms with E-state index in [0.717, 1.165) is 11.3 Å². The molecule has 1 heterocycles. The van der Waals surface area contributed by atoms with E-state index in [2.05, 4.69) is 18.7 Å². The highest BCUT2D eigenvalue weighted by Gasteiger charge is 2.43. The SMILES string of the molecule is CC.CCN1CCC2(CC1)CC(C)C2. The van der Waals surface area contributed by atoms with Gasteiger partial charge < -0.3 is 4.90 Å². The first-order chi connectivity index (χ1) is 6.74. The van der Waals surface area contributed by atoms with Gasteiger partial charge in [-0.1, -0.05) is 27.7 Å².